The molecule has 3 rings (SSSR count). The Bertz CT molecular complexity index is 1220. The minimum Gasteiger partial charge on any atom is -0.475 e. The monoisotopic (exact) mass is 472 g/mol. The van der Waals surface area contributed by atoms with E-state index in [1.54, 1.807) is 12.3 Å². The molecule has 2 aromatic heterocycles. The third-order valence-corrected chi connectivity index (χ3v) is 3.97. The number of fused-ring (bicyclic) bond motifs is 1. The van der Waals surface area contributed by atoms with E-state index in [1.165, 1.54) is 0 Å². The van der Waals surface area contributed by atoms with Crippen LogP contribution in [0.4, 0.5) is 27.8 Å². The molecule has 0 aliphatic carbocycles. The predicted octanol–water partition coefficient (Wildman–Crippen LogP) is 3.15. The lowest BCUT2D eigenvalue weighted by Gasteiger charge is -2.10. The van der Waals surface area contributed by atoms with Crippen LogP contribution in [-0.4, -0.2) is 52.1 Å². The highest BCUT2D eigenvalue weighted by Crippen LogP contribution is 2.15. The molecular formula is C20H17F5N4O4. The minimum atomic E-state index is -5.08. The Hall–Kier alpha value is -3.87. The van der Waals surface area contributed by atoms with Crippen molar-refractivity contribution in [3.8, 4) is 0 Å². The summed E-state index contributed by atoms with van der Waals surface area (Å²) in [5, 5.41) is 9.54. The molecule has 0 radical (unpaired) electrons. The second-order valence-corrected chi connectivity index (χ2v) is 6.89. The van der Waals surface area contributed by atoms with Gasteiger partial charge in [0.1, 0.15) is 11.4 Å². The van der Waals surface area contributed by atoms with Crippen LogP contribution in [0.3, 0.4) is 0 Å². The number of H-pyrrole nitrogens is 1. The van der Waals surface area contributed by atoms with Crippen LogP contribution in [-0.2, 0) is 11.3 Å². The maximum atomic E-state index is 13.4. The third kappa shape index (κ3) is 6.80. The number of amides is 1. The smallest absolute Gasteiger partial charge is 0.475 e. The summed E-state index contributed by atoms with van der Waals surface area (Å²) in [7, 11) is 3.85. The van der Waals surface area contributed by atoms with Crippen LogP contribution in [0, 0.1) is 11.6 Å². The Morgan fingerprint density at radius 1 is 1.15 bits per heavy atom. The number of hydrogen-bond acceptors (Lipinski definition) is 5. The van der Waals surface area contributed by atoms with E-state index in [-0.39, 0.29) is 22.3 Å². The summed E-state index contributed by atoms with van der Waals surface area (Å²) in [5.74, 6) is -5.40. The van der Waals surface area contributed by atoms with E-state index in [4.69, 9.17) is 9.90 Å². The van der Waals surface area contributed by atoms with Gasteiger partial charge in [-0.05, 0) is 31.8 Å². The number of aromatic nitrogens is 2. The van der Waals surface area contributed by atoms with Gasteiger partial charge in [0, 0.05) is 30.4 Å². The normalized spacial score (nSPS) is 11.2. The number of anilines is 1. The number of alkyl halides is 3. The van der Waals surface area contributed by atoms with Crippen LogP contribution in [0.2, 0.25) is 0 Å². The highest BCUT2D eigenvalue weighted by Gasteiger charge is 2.38. The number of benzene rings is 1. The number of aliphatic carboxylic acids is 1. The quantitative estimate of drug-likeness (QED) is 0.503. The van der Waals surface area contributed by atoms with Gasteiger partial charge >= 0.3 is 12.1 Å². The molecule has 3 N–H and O–H groups in total. The molecule has 0 atom stereocenters. The fraction of sp³-hybridized carbons (Fsp3) is 0.200. The molecule has 1 aromatic carbocycles. The fourth-order valence-electron chi connectivity index (χ4n) is 2.52. The van der Waals surface area contributed by atoms with Crippen molar-refractivity contribution in [2.75, 3.05) is 19.4 Å². The lowest BCUT2D eigenvalue weighted by atomic mass is 10.1. The van der Waals surface area contributed by atoms with Crippen molar-refractivity contribution in [2.24, 2.45) is 0 Å². The number of halogens is 5. The number of nitrogens with zero attached hydrogens (tertiary/aromatic N) is 2. The molecule has 0 saturated carbocycles. The van der Waals surface area contributed by atoms with Gasteiger partial charge in [0.25, 0.3) is 5.91 Å². The molecule has 1 amide bonds. The summed E-state index contributed by atoms with van der Waals surface area (Å²) in [6.07, 6.45) is -2.30. The van der Waals surface area contributed by atoms with Gasteiger partial charge in [-0.2, -0.15) is 13.2 Å². The first kappa shape index (κ1) is 25.4. The van der Waals surface area contributed by atoms with E-state index in [1.807, 2.05) is 25.1 Å². The molecule has 33 heavy (non-hydrogen) atoms. The van der Waals surface area contributed by atoms with Crippen LogP contribution in [0.5, 0.6) is 0 Å². The first-order valence-corrected chi connectivity index (χ1v) is 9.01. The number of pyridine rings is 2. The lowest BCUT2D eigenvalue weighted by Crippen LogP contribution is -2.22. The summed E-state index contributed by atoms with van der Waals surface area (Å²) in [5.41, 5.74) is 0.160. The summed E-state index contributed by atoms with van der Waals surface area (Å²) >= 11 is 0. The number of carbonyl (C=O) groups is 2. The zero-order valence-corrected chi connectivity index (χ0v) is 17.1. The van der Waals surface area contributed by atoms with Crippen LogP contribution >= 0.6 is 0 Å². The number of carboxylic acids is 1. The Morgan fingerprint density at radius 2 is 1.76 bits per heavy atom. The first-order valence-electron chi connectivity index (χ1n) is 9.01. The van der Waals surface area contributed by atoms with Crippen molar-refractivity contribution in [3.05, 3.63) is 69.6 Å². The van der Waals surface area contributed by atoms with E-state index >= 15 is 0 Å². The van der Waals surface area contributed by atoms with Gasteiger partial charge in [-0.25, -0.2) is 18.6 Å². The number of aromatic amines is 1. The van der Waals surface area contributed by atoms with Crippen molar-refractivity contribution in [1.29, 1.82) is 0 Å². The maximum Gasteiger partial charge on any atom is 0.490 e. The second-order valence-electron chi connectivity index (χ2n) is 6.89. The van der Waals surface area contributed by atoms with Crippen LogP contribution < -0.4 is 10.7 Å². The molecular weight excluding hydrogens is 455 g/mol. The van der Waals surface area contributed by atoms with Crippen molar-refractivity contribution in [2.45, 2.75) is 12.7 Å². The van der Waals surface area contributed by atoms with Crippen molar-refractivity contribution in [1.82, 2.24) is 14.9 Å². The van der Waals surface area contributed by atoms with Gasteiger partial charge < -0.3 is 20.3 Å². The van der Waals surface area contributed by atoms with Crippen molar-refractivity contribution in [3.63, 3.8) is 0 Å². The molecule has 0 spiro atoms. The highest BCUT2D eigenvalue weighted by molar-refractivity contribution is 6.05. The number of nitrogens with one attached hydrogen (secondary N) is 2. The minimum absolute atomic E-state index is 0.106. The lowest BCUT2D eigenvalue weighted by molar-refractivity contribution is -0.192. The predicted molar refractivity (Wildman–Crippen MR) is 108 cm³/mol. The summed E-state index contributed by atoms with van der Waals surface area (Å²) in [6.45, 7) is 0.702. The van der Waals surface area contributed by atoms with E-state index in [0.29, 0.717) is 6.54 Å². The Kier molecular flexibility index (Phi) is 7.82. The highest BCUT2D eigenvalue weighted by atomic mass is 19.4. The molecule has 13 heteroatoms. The second kappa shape index (κ2) is 10.2. The van der Waals surface area contributed by atoms with Crippen LogP contribution in [0.25, 0.3) is 10.9 Å². The molecule has 0 fully saturated rings. The van der Waals surface area contributed by atoms with E-state index < -0.39 is 35.1 Å². The SMILES string of the molecule is CN(C)Cc1ccc(NC(=O)c2c[nH]c3cc(F)c(F)cc3c2=O)nc1.O=C(O)C(F)(F)F. The maximum absolute atomic E-state index is 13.4. The molecule has 0 bridgehead atoms. The molecule has 0 unspecified atom stereocenters. The van der Waals surface area contributed by atoms with Crippen LogP contribution in [0.1, 0.15) is 15.9 Å². The summed E-state index contributed by atoms with van der Waals surface area (Å²) in [4.78, 5) is 42.4. The van der Waals surface area contributed by atoms with Gasteiger partial charge in [-0.15, -0.1) is 0 Å². The Morgan fingerprint density at radius 3 is 2.27 bits per heavy atom. The van der Waals surface area contributed by atoms with E-state index in [0.717, 1.165) is 23.9 Å². The molecule has 176 valence electrons. The molecule has 0 aliphatic rings. The molecule has 0 aliphatic heterocycles. The zero-order chi connectivity index (χ0) is 24.9. The van der Waals surface area contributed by atoms with E-state index in [2.05, 4.69) is 15.3 Å². The van der Waals surface area contributed by atoms with Gasteiger partial charge in [-0.3, -0.25) is 9.59 Å². The Labute approximate surface area is 182 Å². The van der Waals surface area contributed by atoms with Gasteiger partial charge in [0.05, 0.1) is 5.52 Å². The average molecular weight is 472 g/mol. The molecule has 2 heterocycles. The van der Waals surface area contributed by atoms with Gasteiger partial charge in [0.15, 0.2) is 11.6 Å². The van der Waals surface area contributed by atoms with Crippen molar-refractivity contribution < 1.29 is 36.6 Å². The first-order chi connectivity index (χ1) is 15.3. The fourth-order valence-corrected chi connectivity index (χ4v) is 2.52. The largest absolute Gasteiger partial charge is 0.490 e. The van der Waals surface area contributed by atoms with Crippen molar-refractivity contribution >= 4 is 28.6 Å². The van der Waals surface area contributed by atoms with Gasteiger partial charge in [-0.1, -0.05) is 6.07 Å². The number of hydrogen-bond donors (Lipinski definition) is 3. The van der Waals surface area contributed by atoms with Crippen LogP contribution in [0.15, 0.2) is 41.5 Å². The van der Waals surface area contributed by atoms with E-state index in [9.17, 15) is 31.5 Å². The zero-order valence-electron chi connectivity index (χ0n) is 17.1. The summed E-state index contributed by atoms with van der Waals surface area (Å²) < 4.78 is 58.4. The summed E-state index contributed by atoms with van der Waals surface area (Å²) in [6, 6.07) is 5.08. The molecule has 3 aromatic rings. The van der Waals surface area contributed by atoms with Gasteiger partial charge in [0.2, 0.25) is 5.43 Å². The molecule has 8 nitrogen and oxygen atoms in total. The Balaban J connectivity index is 0.000000479. The standard InChI is InChI=1S/C18H16F2N4O2.C2HF3O2/c1-24(2)9-10-3-4-16(22-7-10)23-18(26)12-8-21-15-6-14(20)13(19)5-11(15)17(12)25;3-2(4,5)1(6)7/h3-8H,9H2,1-2H3,(H,21,25)(H,22,23,26);(H,6,7). The topological polar surface area (TPSA) is 115 Å². The average Bonchev–Trinajstić information content (AvgIpc) is 2.70. The number of carboxylic acid groups (broad SMARTS) is 1. The number of rotatable bonds is 4. The third-order valence-electron chi connectivity index (χ3n) is 3.97. The number of carbonyl (C=O) groups excluding carboxylic acids is 1. The molecule has 0 saturated heterocycles.